The quantitative estimate of drug-likeness (QED) is 0.684. The van der Waals surface area contributed by atoms with Crippen LogP contribution in [0.2, 0.25) is 0 Å². The van der Waals surface area contributed by atoms with Gasteiger partial charge < -0.3 is 21.5 Å². The van der Waals surface area contributed by atoms with Crippen LogP contribution in [0.5, 0.6) is 0 Å². The first-order valence-electron chi connectivity index (χ1n) is 8.86. The fraction of sp³-hybridized carbons (Fsp3) is 0.381. The number of amides is 1. The van der Waals surface area contributed by atoms with Crippen molar-refractivity contribution in [1.82, 2.24) is 0 Å². The summed E-state index contributed by atoms with van der Waals surface area (Å²) in [5.41, 5.74) is 14.7. The summed E-state index contributed by atoms with van der Waals surface area (Å²) in [6.07, 6.45) is 1.31. The van der Waals surface area contributed by atoms with Gasteiger partial charge in [0.05, 0.1) is 11.4 Å². The van der Waals surface area contributed by atoms with Crippen LogP contribution in [0.3, 0.4) is 0 Å². The van der Waals surface area contributed by atoms with Gasteiger partial charge >= 0.3 is 6.09 Å². The van der Waals surface area contributed by atoms with Crippen LogP contribution in [-0.4, -0.2) is 18.2 Å². The lowest BCUT2D eigenvalue weighted by molar-refractivity contribution is 0.0600. The van der Waals surface area contributed by atoms with Crippen LogP contribution < -0.4 is 16.8 Å². The van der Waals surface area contributed by atoms with E-state index >= 15 is 0 Å². The Balaban J connectivity index is 0.000000359. The number of nitrogens with two attached hydrogens (primary N) is 2. The summed E-state index contributed by atoms with van der Waals surface area (Å²) in [5.74, 6) is 0. The second-order valence-electron chi connectivity index (χ2n) is 7.04. The Morgan fingerprint density at radius 3 is 2.19 bits per heavy atom. The van der Waals surface area contributed by atoms with Gasteiger partial charge in [-0.1, -0.05) is 43.3 Å². The normalized spacial score (nSPS) is 10.5. The lowest BCUT2D eigenvalue weighted by Gasteiger charge is -2.16. The van der Waals surface area contributed by atoms with Gasteiger partial charge in [-0.3, -0.25) is 0 Å². The molecule has 26 heavy (non-hydrogen) atoms. The molecule has 2 rings (SSSR count). The maximum Gasteiger partial charge on any atom is 0.405 e. The second kappa shape index (κ2) is 10.3. The molecule has 0 saturated heterocycles. The number of rotatable bonds is 5. The topological polar surface area (TPSA) is 90.4 Å². The molecule has 5 nitrogen and oxygen atoms in total. The highest BCUT2D eigenvalue weighted by atomic mass is 16.6. The molecule has 0 fully saturated rings. The van der Waals surface area contributed by atoms with Crippen LogP contribution in [0, 0.1) is 0 Å². The third-order valence-electron chi connectivity index (χ3n) is 3.34. The lowest BCUT2D eigenvalue weighted by atomic mass is 10.0. The summed E-state index contributed by atoms with van der Waals surface area (Å²) >= 11 is 0. The molecule has 2 aromatic carbocycles. The molecule has 2 aromatic rings. The van der Waals surface area contributed by atoms with Crippen molar-refractivity contribution in [1.29, 1.82) is 0 Å². The molecule has 0 spiro atoms. The van der Waals surface area contributed by atoms with Crippen molar-refractivity contribution in [2.45, 2.75) is 46.1 Å². The third kappa shape index (κ3) is 8.97. The van der Waals surface area contributed by atoms with Crippen molar-refractivity contribution < 1.29 is 9.53 Å². The maximum atomic E-state index is 10.0. The van der Waals surface area contributed by atoms with E-state index in [2.05, 4.69) is 59.4 Å². The molecule has 0 bridgehead atoms. The third-order valence-corrected chi connectivity index (χ3v) is 3.34. The zero-order valence-corrected chi connectivity index (χ0v) is 16.2. The highest BCUT2D eigenvalue weighted by Crippen LogP contribution is 2.21. The molecule has 0 unspecified atom stereocenters. The van der Waals surface area contributed by atoms with Crippen LogP contribution >= 0.6 is 0 Å². The Labute approximate surface area is 156 Å². The lowest BCUT2D eigenvalue weighted by Crippen LogP contribution is -2.27. The van der Waals surface area contributed by atoms with Gasteiger partial charge in [-0.2, -0.15) is 0 Å². The number of anilines is 2. The molecule has 0 aliphatic heterocycles. The van der Waals surface area contributed by atoms with E-state index in [0.717, 1.165) is 30.8 Å². The Morgan fingerprint density at radius 1 is 1.08 bits per heavy atom. The summed E-state index contributed by atoms with van der Waals surface area (Å²) in [6.45, 7) is 8.39. The van der Waals surface area contributed by atoms with E-state index in [9.17, 15) is 4.79 Å². The highest BCUT2D eigenvalue weighted by Gasteiger charge is 2.12. The first kappa shape index (κ1) is 21.4. The first-order chi connectivity index (χ1) is 12.2. The predicted molar refractivity (Wildman–Crippen MR) is 109 cm³/mol. The molecule has 0 radical (unpaired) electrons. The van der Waals surface area contributed by atoms with E-state index in [1.807, 2.05) is 6.07 Å². The van der Waals surface area contributed by atoms with Gasteiger partial charge in [-0.05, 0) is 56.9 Å². The van der Waals surface area contributed by atoms with Crippen molar-refractivity contribution in [3.63, 3.8) is 0 Å². The zero-order chi connectivity index (χ0) is 19.6. The maximum absolute atomic E-state index is 10.0. The molecule has 0 aromatic heterocycles. The number of nitrogen functional groups attached to an aromatic ring is 1. The summed E-state index contributed by atoms with van der Waals surface area (Å²) in [6, 6.07) is 16.7. The van der Waals surface area contributed by atoms with Crippen LogP contribution in [0.4, 0.5) is 16.2 Å². The first-order valence-corrected chi connectivity index (χ1v) is 8.86. The van der Waals surface area contributed by atoms with Crippen LogP contribution in [0.15, 0.2) is 48.5 Å². The summed E-state index contributed by atoms with van der Waals surface area (Å²) in [7, 11) is 0. The van der Waals surface area contributed by atoms with Gasteiger partial charge in [-0.25, -0.2) is 4.79 Å². The largest absolute Gasteiger partial charge is 0.444 e. The fourth-order valence-electron chi connectivity index (χ4n) is 2.28. The number of primary amides is 1. The number of carbonyl (C=O) groups is 1. The van der Waals surface area contributed by atoms with E-state index in [-0.39, 0.29) is 0 Å². The van der Waals surface area contributed by atoms with Crippen molar-refractivity contribution in [2.75, 3.05) is 17.6 Å². The molecule has 142 valence electrons. The molecule has 0 saturated carbocycles. The molecule has 0 atom stereocenters. The van der Waals surface area contributed by atoms with Crippen LogP contribution in [-0.2, 0) is 11.2 Å². The van der Waals surface area contributed by atoms with Gasteiger partial charge in [0.1, 0.15) is 5.60 Å². The average molecular weight is 357 g/mol. The van der Waals surface area contributed by atoms with E-state index in [4.69, 9.17) is 11.5 Å². The standard InChI is InChI=1S/C16H20N2.C5H11NO2/c1-2-10-18-16-9-8-14(12-15(16)17)11-13-6-4-3-5-7-13;1-5(2,3)8-4(6)7/h3-9,12,18H,2,10-11,17H2,1H3;1-3H3,(H2,6,7). The Hall–Kier alpha value is -2.69. The Kier molecular flexibility index (Phi) is 8.49. The van der Waals surface area contributed by atoms with Gasteiger partial charge in [0.15, 0.2) is 0 Å². The minimum Gasteiger partial charge on any atom is -0.444 e. The van der Waals surface area contributed by atoms with Crippen molar-refractivity contribution >= 4 is 17.5 Å². The molecule has 5 heteroatoms. The minimum absolute atomic E-state index is 0.453. The fourth-order valence-corrected chi connectivity index (χ4v) is 2.28. The minimum atomic E-state index is -0.725. The van der Waals surface area contributed by atoms with E-state index in [1.165, 1.54) is 11.1 Å². The SMILES string of the molecule is CC(C)(C)OC(N)=O.CCCNc1ccc(Cc2ccccc2)cc1N. The van der Waals surface area contributed by atoms with Gasteiger partial charge in [0.2, 0.25) is 0 Å². The molecule has 0 aliphatic carbocycles. The van der Waals surface area contributed by atoms with E-state index < -0.39 is 11.7 Å². The number of hydrogen-bond acceptors (Lipinski definition) is 4. The number of nitrogens with one attached hydrogen (secondary N) is 1. The zero-order valence-electron chi connectivity index (χ0n) is 16.2. The molecule has 0 heterocycles. The number of carbonyl (C=O) groups excluding carboxylic acids is 1. The van der Waals surface area contributed by atoms with Crippen molar-refractivity contribution in [2.24, 2.45) is 5.73 Å². The smallest absolute Gasteiger partial charge is 0.405 e. The molecule has 5 N–H and O–H groups in total. The Morgan fingerprint density at radius 2 is 1.73 bits per heavy atom. The summed E-state index contributed by atoms with van der Waals surface area (Å²) in [4.78, 5) is 10.0. The predicted octanol–water partition coefficient (Wildman–Crippen LogP) is 4.56. The highest BCUT2D eigenvalue weighted by molar-refractivity contribution is 5.67. The van der Waals surface area contributed by atoms with E-state index in [0.29, 0.717) is 0 Å². The molecule has 1 amide bonds. The van der Waals surface area contributed by atoms with Crippen molar-refractivity contribution in [3.05, 3.63) is 59.7 Å². The Bertz CT molecular complexity index is 679. The van der Waals surface area contributed by atoms with Crippen LogP contribution in [0.1, 0.15) is 45.2 Å². The summed E-state index contributed by atoms with van der Waals surface area (Å²) < 4.78 is 4.58. The number of ether oxygens (including phenoxy) is 1. The average Bonchev–Trinajstić information content (AvgIpc) is 2.53. The van der Waals surface area contributed by atoms with Crippen LogP contribution in [0.25, 0.3) is 0 Å². The monoisotopic (exact) mass is 357 g/mol. The summed E-state index contributed by atoms with van der Waals surface area (Å²) in [5, 5.41) is 3.33. The molecular formula is C21H31N3O2. The van der Waals surface area contributed by atoms with Gasteiger partial charge in [0, 0.05) is 6.54 Å². The number of benzene rings is 2. The number of hydrogen-bond donors (Lipinski definition) is 3. The van der Waals surface area contributed by atoms with E-state index in [1.54, 1.807) is 20.8 Å². The molecular weight excluding hydrogens is 326 g/mol. The molecule has 0 aliphatic rings. The van der Waals surface area contributed by atoms with Gasteiger partial charge in [-0.15, -0.1) is 0 Å². The van der Waals surface area contributed by atoms with Gasteiger partial charge in [0.25, 0.3) is 0 Å². The second-order valence-corrected chi connectivity index (χ2v) is 7.04. The van der Waals surface area contributed by atoms with Crippen molar-refractivity contribution in [3.8, 4) is 0 Å².